The van der Waals surface area contributed by atoms with Crippen molar-refractivity contribution in [3.05, 3.63) is 111 Å². The first-order valence-corrected chi connectivity index (χ1v) is 23.8. The number of amides is 6. The molecule has 5 aliphatic rings. The second-order valence-corrected chi connectivity index (χ2v) is 19.6. The van der Waals surface area contributed by atoms with Crippen LogP contribution < -0.4 is 31.3 Å². The standard InChI is InChI=1S/C51H55N11O8/c1-29-26-58(43(65)9-6-15-52-36-8-5-7-34-44(36)50(70)62(47(34)67)38-11-13-42(64)56-46(38)66)17-18-59(29)32-10-12-41(54-25-32)55-37-21-31(27-57(4)48(37)68)33-14-16-53-45(35(33)28-63)61-20-19-60-39(49(61)69)22-30-23-51(2,3)24-40(30)60/h5,7-8,10,12,14,16,21-22,25,27,29,38,52,63H,6,9,11,13,15,17-20,23-24,26,28H2,1-4H3,(H,54,55)(H,56,64,66)/t29-,38?/m0/s1. The van der Waals surface area contributed by atoms with E-state index in [9.17, 15) is 38.7 Å². The molecule has 362 valence electrons. The largest absolute Gasteiger partial charge is 0.392 e. The number of rotatable bonds is 12. The maximum absolute atomic E-state index is 14.0. The number of aryl methyl sites for hydroxylation is 1. The number of aliphatic hydroxyl groups is 1. The van der Waals surface area contributed by atoms with Gasteiger partial charge in [-0.1, -0.05) is 19.9 Å². The van der Waals surface area contributed by atoms with E-state index in [1.165, 1.54) is 15.8 Å². The molecule has 4 aliphatic heterocycles. The Hall–Kier alpha value is -7.67. The number of benzene rings is 1. The van der Waals surface area contributed by atoms with Gasteiger partial charge in [0.05, 0.1) is 29.6 Å². The predicted molar refractivity (Wildman–Crippen MR) is 260 cm³/mol. The number of nitrogens with one attached hydrogen (secondary N) is 3. The number of nitrogens with zero attached hydrogens (tertiary/aromatic N) is 8. The molecule has 4 N–H and O–H groups in total. The van der Waals surface area contributed by atoms with Crippen LogP contribution in [0, 0.1) is 5.41 Å². The van der Waals surface area contributed by atoms with Crippen molar-refractivity contribution in [2.75, 3.05) is 53.2 Å². The Balaban J connectivity index is 0.747. The molecule has 5 aromatic rings. The van der Waals surface area contributed by atoms with Crippen LogP contribution in [0.5, 0.6) is 0 Å². The van der Waals surface area contributed by atoms with Gasteiger partial charge in [-0.05, 0) is 91.6 Å². The molecule has 0 radical (unpaired) electrons. The van der Waals surface area contributed by atoms with Crippen LogP contribution in [0.3, 0.4) is 0 Å². The van der Waals surface area contributed by atoms with Gasteiger partial charge in [-0.3, -0.25) is 48.7 Å². The monoisotopic (exact) mass is 949 g/mol. The predicted octanol–water partition coefficient (Wildman–Crippen LogP) is 4.00. The Morgan fingerprint density at radius 3 is 2.50 bits per heavy atom. The summed E-state index contributed by atoms with van der Waals surface area (Å²) >= 11 is 0. The highest BCUT2D eigenvalue weighted by molar-refractivity contribution is 6.25. The molecular weight excluding hydrogens is 895 g/mol. The molecular formula is C51H55N11O8. The molecule has 4 aromatic heterocycles. The van der Waals surface area contributed by atoms with Crippen molar-refractivity contribution >= 4 is 64.1 Å². The number of piperidine rings is 1. The SMILES string of the molecule is C[C@H]1CN(C(=O)CCCNc2cccc3c2C(=O)N(C2CCC(=O)NC2=O)C3=O)CCN1c1ccc(Nc2cc(-c3ccnc(N4CCn5c(cc6c5CC(C)(C)C6)C4=O)c3CO)cn(C)c2=O)nc1. The van der Waals surface area contributed by atoms with Crippen molar-refractivity contribution in [1.29, 1.82) is 0 Å². The fourth-order valence-electron chi connectivity index (χ4n) is 10.8. The third-order valence-corrected chi connectivity index (χ3v) is 14.2. The second kappa shape index (κ2) is 18.0. The lowest BCUT2D eigenvalue weighted by molar-refractivity contribution is -0.136. The van der Waals surface area contributed by atoms with Gasteiger partial charge in [0.2, 0.25) is 17.7 Å². The number of carbonyl (C=O) groups is 6. The van der Waals surface area contributed by atoms with Gasteiger partial charge in [0.15, 0.2) is 0 Å². The fraction of sp³-hybridized carbons (Fsp3) is 0.392. The van der Waals surface area contributed by atoms with Gasteiger partial charge < -0.3 is 34.7 Å². The summed E-state index contributed by atoms with van der Waals surface area (Å²) in [5.41, 5.74) is 6.68. The number of imide groups is 2. The normalized spacial score (nSPS) is 19.6. The van der Waals surface area contributed by atoms with Gasteiger partial charge >= 0.3 is 0 Å². The van der Waals surface area contributed by atoms with Gasteiger partial charge in [0, 0.05) is 100 Å². The molecule has 2 saturated heterocycles. The van der Waals surface area contributed by atoms with Crippen LogP contribution >= 0.6 is 0 Å². The van der Waals surface area contributed by atoms with E-state index < -0.39 is 29.7 Å². The number of piperazine rings is 1. The van der Waals surface area contributed by atoms with E-state index in [1.807, 2.05) is 24.0 Å². The fourth-order valence-corrected chi connectivity index (χ4v) is 10.8. The Kier molecular flexibility index (Phi) is 11.9. The van der Waals surface area contributed by atoms with E-state index in [1.54, 1.807) is 66.9 Å². The lowest BCUT2D eigenvalue weighted by Crippen LogP contribution is -2.54. The first-order chi connectivity index (χ1) is 33.6. The van der Waals surface area contributed by atoms with Crippen molar-refractivity contribution in [1.82, 2.24) is 34.2 Å². The van der Waals surface area contributed by atoms with E-state index in [-0.39, 0.29) is 71.5 Å². The summed E-state index contributed by atoms with van der Waals surface area (Å²) in [6.07, 6.45) is 7.75. The summed E-state index contributed by atoms with van der Waals surface area (Å²) in [4.78, 5) is 108. The lowest BCUT2D eigenvalue weighted by atomic mass is 9.90. The number of hydrogen-bond donors (Lipinski definition) is 4. The van der Waals surface area contributed by atoms with Crippen LogP contribution in [0.15, 0.2) is 71.9 Å². The number of fused-ring (bicyclic) bond motifs is 4. The zero-order chi connectivity index (χ0) is 49.2. The van der Waals surface area contributed by atoms with Crippen LogP contribution in [0.25, 0.3) is 11.1 Å². The zero-order valence-electron chi connectivity index (χ0n) is 39.6. The maximum Gasteiger partial charge on any atom is 0.276 e. The molecule has 10 rings (SSSR count). The summed E-state index contributed by atoms with van der Waals surface area (Å²) in [6, 6.07) is 13.0. The highest BCUT2D eigenvalue weighted by atomic mass is 16.3. The topological polar surface area (TPSA) is 224 Å². The van der Waals surface area contributed by atoms with Gasteiger partial charge in [0.25, 0.3) is 23.3 Å². The lowest BCUT2D eigenvalue weighted by Gasteiger charge is -2.41. The molecule has 1 aliphatic carbocycles. The number of aromatic nitrogens is 4. The van der Waals surface area contributed by atoms with E-state index in [0.29, 0.717) is 85.4 Å². The van der Waals surface area contributed by atoms with Crippen molar-refractivity contribution < 1.29 is 33.9 Å². The van der Waals surface area contributed by atoms with Crippen molar-refractivity contribution in [2.24, 2.45) is 12.5 Å². The molecule has 70 heavy (non-hydrogen) atoms. The third-order valence-electron chi connectivity index (χ3n) is 14.2. The van der Waals surface area contributed by atoms with Crippen LogP contribution in [-0.4, -0.2) is 114 Å². The highest BCUT2D eigenvalue weighted by Gasteiger charge is 2.46. The van der Waals surface area contributed by atoms with Crippen LogP contribution in [-0.2, 0) is 47.4 Å². The Morgan fingerprint density at radius 2 is 1.74 bits per heavy atom. The molecule has 2 fully saturated rings. The smallest absolute Gasteiger partial charge is 0.276 e. The minimum absolute atomic E-state index is 0.0000372. The molecule has 0 spiro atoms. The Labute approximate surface area is 403 Å². The summed E-state index contributed by atoms with van der Waals surface area (Å²) in [6.45, 7) is 9.16. The molecule has 0 saturated carbocycles. The summed E-state index contributed by atoms with van der Waals surface area (Å²) in [7, 11) is 1.66. The zero-order valence-corrected chi connectivity index (χ0v) is 39.6. The minimum Gasteiger partial charge on any atom is -0.392 e. The number of anilines is 5. The van der Waals surface area contributed by atoms with Crippen molar-refractivity contribution in [3.8, 4) is 11.1 Å². The highest BCUT2D eigenvalue weighted by Crippen LogP contribution is 2.40. The molecule has 2 atom stereocenters. The number of carbonyl (C=O) groups excluding carboxylic acids is 6. The first-order valence-electron chi connectivity index (χ1n) is 23.8. The minimum atomic E-state index is -1.06. The third kappa shape index (κ3) is 8.26. The van der Waals surface area contributed by atoms with Crippen molar-refractivity contribution in [2.45, 2.75) is 84.5 Å². The van der Waals surface area contributed by atoms with Gasteiger partial charge in [-0.2, -0.15) is 0 Å². The molecule has 8 heterocycles. The molecule has 6 amide bonds. The quantitative estimate of drug-likeness (QED) is 0.103. The van der Waals surface area contributed by atoms with E-state index in [2.05, 4.69) is 49.2 Å². The van der Waals surface area contributed by atoms with Crippen LogP contribution in [0.1, 0.15) is 94.5 Å². The molecule has 19 nitrogen and oxygen atoms in total. The second-order valence-electron chi connectivity index (χ2n) is 19.6. The van der Waals surface area contributed by atoms with E-state index in [4.69, 9.17) is 0 Å². The molecule has 1 aromatic carbocycles. The first kappa shape index (κ1) is 46.1. The number of hydrogen-bond acceptors (Lipinski definition) is 13. The van der Waals surface area contributed by atoms with Crippen molar-refractivity contribution in [3.63, 3.8) is 0 Å². The molecule has 19 heteroatoms. The maximum atomic E-state index is 14.0. The molecule has 0 bridgehead atoms. The number of pyridine rings is 3. The Morgan fingerprint density at radius 1 is 0.914 bits per heavy atom. The Bertz CT molecular complexity index is 3070. The van der Waals surface area contributed by atoms with E-state index >= 15 is 0 Å². The van der Waals surface area contributed by atoms with Gasteiger partial charge in [0.1, 0.15) is 29.1 Å². The van der Waals surface area contributed by atoms with Crippen LogP contribution in [0.2, 0.25) is 0 Å². The summed E-state index contributed by atoms with van der Waals surface area (Å²) in [5, 5.41) is 19.4. The van der Waals surface area contributed by atoms with Gasteiger partial charge in [-0.15, -0.1) is 0 Å². The average Bonchev–Trinajstić information content (AvgIpc) is 3.93. The summed E-state index contributed by atoms with van der Waals surface area (Å²) in [5.74, 6) is -1.59. The number of aliphatic hydroxyl groups excluding tert-OH is 1. The van der Waals surface area contributed by atoms with E-state index in [0.717, 1.165) is 23.4 Å². The van der Waals surface area contributed by atoms with Gasteiger partial charge in [-0.25, -0.2) is 9.97 Å². The van der Waals surface area contributed by atoms with Crippen LogP contribution in [0.4, 0.5) is 28.7 Å². The average molecular weight is 950 g/mol. The molecule has 1 unspecified atom stereocenters. The summed E-state index contributed by atoms with van der Waals surface area (Å²) < 4.78 is 3.61.